The lowest BCUT2D eigenvalue weighted by Crippen LogP contribution is -2.39. The van der Waals surface area contributed by atoms with Gasteiger partial charge in [-0.15, -0.1) is 6.42 Å². The normalized spacial score (nSPS) is 9.77. The van der Waals surface area contributed by atoms with Crippen molar-refractivity contribution in [3.63, 3.8) is 0 Å². The molecule has 0 unspecified atom stereocenters. The first-order chi connectivity index (χ1) is 12.5. The summed E-state index contributed by atoms with van der Waals surface area (Å²) in [6.07, 6.45) is 5.44. The van der Waals surface area contributed by atoms with Gasteiger partial charge in [-0.25, -0.2) is 0 Å². The zero-order chi connectivity index (χ0) is 19.1. The van der Waals surface area contributed by atoms with Gasteiger partial charge >= 0.3 is 0 Å². The van der Waals surface area contributed by atoms with Gasteiger partial charge in [-0.2, -0.15) is 0 Å². The Morgan fingerprint density at radius 3 is 2.46 bits per heavy atom. The summed E-state index contributed by atoms with van der Waals surface area (Å²) in [7, 11) is 4.52. The highest BCUT2D eigenvalue weighted by Crippen LogP contribution is 2.29. The summed E-state index contributed by atoms with van der Waals surface area (Å²) in [6.45, 7) is -0.141. The lowest BCUT2D eigenvalue weighted by Gasteiger charge is -2.23. The zero-order valence-corrected chi connectivity index (χ0v) is 14.9. The van der Waals surface area contributed by atoms with Crippen molar-refractivity contribution in [1.82, 2.24) is 5.32 Å². The van der Waals surface area contributed by atoms with Crippen molar-refractivity contribution in [1.29, 1.82) is 0 Å². The first-order valence-corrected chi connectivity index (χ1v) is 7.85. The molecule has 2 aromatic carbocycles. The molecule has 2 amide bonds. The molecule has 0 aromatic heterocycles. The molecule has 0 bridgehead atoms. The van der Waals surface area contributed by atoms with Crippen LogP contribution < -0.4 is 19.7 Å². The van der Waals surface area contributed by atoms with E-state index in [1.807, 2.05) is 0 Å². The van der Waals surface area contributed by atoms with Crippen molar-refractivity contribution in [2.45, 2.75) is 0 Å². The molecule has 2 rings (SSSR count). The van der Waals surface area contributed by atoms with Crippen LogP contribution in [0.1, 0.15) is 15.9 Å². The van der Waals surface area contributed by atoms with E-state index in [0.717, 1.165) is 0 Å². The van der Waals surface area contributed by atoms with Crippen LogP contribution in [0.2, 0.25) is 0 Å². The average Bonchev–Trinajstić information content (AvgIpc) is 2.70. The first-order valence-electron chi connectivity index (χ1n) is 7.85. The van der Waals surface area contributed by atoms with Gasteiger partial charge in [0.2, 0.25) is 5.91 Å². The van der Waals surface area contributed by atoms with Crippen LogP contribution in [-0.4, -0.2) is 39.6 Å². The fourth-order valence-electron chi connectivity index (χ4n) is 2.39. The smallest absolute Gasteiger partial charge is 0.258 e. The monoisotopic (exact) mass is 352 g/mol. The van der Waals surface area contributed by atoms with Gasteiger partial charge in [-0.1, -0.05) is 12.0 Å². The van der Waals surface area contributed by atoms with E-state index in [1.54, 1.807) is 42.5 Å². The van der Waals surface area contributed by atoms with Gasteiger partial charge in [0.15, 0.2) is 11.5 Å². The number of nitrogens with zero attached hydrogens (tertiary/aromatic N) is 1. The summed E-state index contributed by atoms with van der Waals surface area (Å²) in [5, 5.41) is 2.52. The maximum Gasteiger partial charge on any atom is 0.258 e. The van der Waals surface area contributed by atoms with Gasteiger partial charge in [-0.05, 0) is 36.4 Å². The molecule has 6 heteroatoms. The average molecular weight is 352 g/mol. The number of ether oxygens (including phenoxy) is 2. The molecular weight excluding hydrogens is 332 g/mol. The van der Waals surface area contributed by atoms with Crippen LogP contribution in [0.25, 0.3) is 0 Å². The number of likely N-dealkylation sites (N-methyl/N-ethyl adjacent to an activating group) is 1. The quantitative estimate of drug-likeness (QED) is 0.809. The summed E-state index contributed by atoms with van der Waals surface area (Å²) in [5.41, 5.74) is 1.51. The number of hydrogen-bond acceptors (Lipinski definition) is 4. The van der Waals surface area contributed by atoms with Crippen molar-refractivity contribution in [2.75, 3.05) is 32.7 Å². The molecule has 2 aromatic rings. The Kier molecular flexibility index (Phi) is 6.23. The van der Waals surface area contributed by atoms with Gasteiger partial charge in [0.1, 0.15) is 6.54 Å². The van der Waals surface area contributed by atoms with E-state index in [9.17, 15) is 9.59 Å². The molecule has 0 radical (unpaired) electrons. The third-order valence-corrected chi connectivity index (χ3v) is 3.78. The van der Waals surface area contributed by atoms with Crippen LogP contribution in [0.3, 0.4) is 0 Å². The van der Waals surface area contributed by atoms with Crippen molar-refractivity contribution >= 4 is 17.5 Å². The van der Waals surface area contributed by atoms with E-state index in [4.69, 9.17) is 15.9 Å². The van der Waals surface area contributed by atoms with Crippen LogP contribution in [-0.2, 0) is 4.79 Å². The SMILES string of the molecule is C#Cc1cccc(N(CC(=O)NC)C(=O)c2ccc(OC)c(OC)c2)c1. The Hall–Kier alpha value is -3.46. The van der Waals surface area contributed by atoms with Crippen LogP contribution in [0.5, 0.6) is 11.5 Å². The Balaban J connectivity index is 2.46. The highest BCUT2D eigenvalue weighted by atomic mass is 16.5. The van der Waals surface area contributed by atoms with E-state index in [2.05, 4.69) is 11.2 Å². The van der Waals surface area contributed by atoms with Gasteiger partial charge in [0, 0.05) is 23.9 Å². The van der Waals surface area contributed by atoms with Gasteiger partial charge in [0.05, 0.1) is 14.2 Å². The molecule has 1 N–H and O–H groups in total. The molecule has 26 heavy (non-hydrogen) atoms. The van der Waals surface area contributed by atoms with Crippen molar-refractivity contribution in [2.24, 2.45) is 0 Å². The van der Waals surface area contributed by atoms with E-state index in [0.29, 0.717) is 28.3 Å². The maximum atomic E-state index is 13.1. The molecule has 6 nitrogen and oxygen atoms in total. The van der Waals surface area contributed by atoms with E-state index in [-0.39, 0.29) is 18.4 Å². The number of carbonyl (C=O) groups excluding carboxylic acids is 2. The van der Waals surface area contributed by atoms with Crippen molar-refractivity contribution < 1.29 is 19.1 Å². The topological polar surface area (TPSA) is 67.9 Å². The zero-order valence-electron chi connectivity index (χ0n) is 14.9. The second-order valence-electron chi connectivity index (χ2n) is 5.33. The third-order valence-electron chi connectivity index (χ3n) is 3.78. The number of benzene rings is 2. The second-order valence-corrected chi connectivity index (χ2v) is 5.33. The maximum absolute atomic E-state index is 13.1. The highest BCUT2D eigenvalue weighted by Gasteiger charge is 2.22. The molecule has 0 aliphatic heterocycles. The van der Waals surface area contributed by atoms with Crippen LogP contribution >= 0.6 is 0 Å². The van der Waals surface area contributed by atoms with Crippen molar-refractivity contribution in [3.8, 4) is 23.8 Å². The first kappa shape index (κ1) is 18.9. The molecule has 0 saturated carbocycles. The van der Waals surface area contributed by atoms with Crippen LogP contribution in [0.4, 0.5) is 5.69 Å². The molecule has 134 valence electrons. The summed E-state index contributed by atoms with van der Waals surface area (Å²) in [5.74, 6) is 2.80. The number of anilines is 1. The molecule has 0 spiro atoms. The van der Waals surface area contributed by atoms with Gasteiger partial charge in [0.25, 0.3) is 5.91 Å². The lowest BCUT2D eigenvalue weighted by atomic mass is 10.1. The molecular formula is C20H20N2O4. The number of carbonyl (C=O) groups is 2. The third kappa shape index (κ3) is 4.14. The summed E-state index contributed by atoms with van der Waals surface area (Å²) < 4.78 is 10.4. The predicted octanol–water partition coefficient (Wildman–Crippen LogP) is 2.08. The number of hydrogen-bond donors (Lipinski definition) is 1. The predicted molar refractivity (Wildman–Crippen MR) is 99.7 cm³/mol. The Morgan fingerprint density at radius 1 is 1.12 bits per heavy atom. The van der Waals surface area contributed by atoms with Gasteiger partial charge < -0.3 is 14.8 Å². The highest BCUT2D eigenvalue weighted by molar-refractivity contribution is 6.09. The summed E-state index contributed by atoms with van der Waals surface area (Å²) in [4.78, 5) is 26.3. The summed E-state index contributed by atoms with van der Waals surface area (Å²) >= 11 is 0. The molecule has 0 heterocycles. The number of nitrogens with one attached hydrogen (secondary N) is 1. The van der Waals surface area contributed by atoms with Crippen LogP contribution in [0, 0.1) is 12.3 Å². The van der Waals surface area contributed by atoms with E-state index in [1.165, 1.54) is 26.2 Å². The molecule has 0 saturated heterocycles. The summed E-state index contributed by atoms with van der Waals surface area (Å²) in [6, 6.07) is 11.7. The number of rotatable bonds is 6. The second kappa shape index (κ2) is 8.58. The minimum absolute atomic E-state index is 0.141. The Labute approximate surface area is 152 Å². The number of terminal acetylenes is 1. The molecule has 0 atom stereocenters. The standard InChI is InChI=1S/C20H20N2O4/c1-5-14-7-6-8-16(11-14)22(13-19(23)21-2)20(24)15-9-10-17(25-3)18(12-15)26-4/h1,6-12H,13H2,2-4H3,(H,21,23). The lowest BCUT2D eigenvalue weighted by molar-refractivity contribution is -0.119. The Bertz CT molecular complexity index is 855. The molecule has 0 aliphatic rings. The fourth-order valence-corrected chi connectivity index (χ4v) is 2.39. The Morgan fingerprint density at radius 2 is 1.85 bits per heavy atom. The van der Waals surface area contributed by atoms with E-state index < -0.39 is 0 Å². The van der Waals surface area contributed by atoms with Crippen molar-refractivity contribution in [3.05, 3.63) is 53.6 Å². The largest absolute Gasteiger partial charge is 0.493 e. The number of methoxy groups -OCH3 is 2. The molecule has 0 aliphatic carbocycles. The molecule has 0 fully saturated rings. The van der Waals surface area contributed by atoms with Crippen LogP contribution in [0.15, 0.2) is 42.5 Å². The fraction of sp³-hybridized carbons (Fsp3) is 0.200. The minimum Gasteiger partial charge on any atom is -0.493 e. The number of amides is 2. The van der Waals surface area contributed by atoms with Gasteiger partial charge in [-0.3, -0.25) is 14.5 Å². The van der Waals surface area contributed by atoms with E-state index >= 15 is 0 Å². The minimum atomic E-state index is -0.358.